The smallest absolute Gasteiger partial charge is 0.373 e. The fourth-order valence-electron chi connectivity index (χ4n) is 1.94. The molecule has 0 saturated heterocycles. The summed E-state index contributed by atoms with van der Waals surface area (Å²) in [7, 11) is 1.65. The summed E-state index contributed by atoms with van der Waals surface area (Å²) in [6.07, 6.45) is -3.34. The molecule has 0 unspecified atom stereocenters. The van der Waals surface area contributed by atoms with E-state index in [1.54, 1.807) is 20.0 Å². The monoisotopic (exact) mass is 303 g/mol. The molecule has 1 N–H and O–H groups in total. The Morgan fingerprint density at radius 2 is 2.00 bits per heavy atom. The van der Waals surface area contributed by atoms with Gasteiger partial charge in [0, 0.05) is 24.8 Å². The van der Waals surface area contributed by atoms with E-state index < -0.39 is 18.6 Å². The first kappa shape index (κ1) is 17.3. The average Bonchev–Trinajstić information content (AvgIpc) is 2.44. The molecule has 1 amide bonds. The van der Waals surface area contributed by atoms with Crippen LogP contribution in [0.1, 0.15) is 36.3 Å². The molecule has 0 aliphatic rings. The van der Waals surface area contributed by atoms with Gasteiger partial charge in [0.1, 0.15) is 12.4 Å². The molecule has 0 spiro atoms. The molecular formula is C14H20F3N3O. The lowest BCUT2D eigenvalue weighted by molar-refractivity contribution is -0.140. The van der Waals surface area contributed by atoms with Crippen LogP contribution in [0.25, 0.3) is 0 Å². The van der Waals surface area contributed by atoms with Gasteiger partial charge in [-0.05, 0) is 25.0 Å². The van der Waals surface area contributed by atoms with Crippen molar-refractivity contribution in [1.29, 1.82) is 0 Å². The highest BCUT2D eigenvalue weighted by atomic mass is 19.4. The lowest BCUT2D eigenvalue weighted by Gasteiger charge is -2.23. The van der Waals surface area contributed by atoms with Gasteiger partial charge < -0.3 is 10.2 Å². The normalized spacial score (nSPS) is 11.3. The minimum Gasteiger partial charge on any atom is -0.373 e. The minimum atomic E-state index is -4.41. The molecule has 0 bridgehead atoms. The van der Waals surface area contributed by atoms with Gasteiger partial charge in [-0.3, -0.25) is 4.79 Å². The van der Waals surface area contributed by atoms with Crippen LogP contribution in [0.15, 0.2) is 12.1 Å². The van der Waals surface area contributed by atoms with Crippen LogP contribution in [0.3, 0.4) is 0 Å². The Morgan fingerprint density at radius 1 is 1.33 bits per heavy atom. The maximum atomic E-state index is 12.6. The predicted octanol–water partition coefficient (Wildman–Crippen LogP) is 3.10. The van der Waals surface area contributed by atoms with Crippen LogP contribution >= 0.6 is 0 Å². The molecule has 1 aromatic heterocycles. The first-order valence-electron chi connectivity index (χ1n) is 6.85. The molecule has 1 aromatic rings. The Hall–Kier alpha value is -1.79. The number of nitrogens with one attached hydrogen (secondary N) is 1. The average molecular weight is 303 g/mol. The number of alkyl halides is 3. The van der Waals surface area contributed by atoms with Crippen molar-refractivity contribution in [3.05, 3.63) is 23.4 Å². The highest BCUT2D eigenvalue weighted by molar-refractivity contribution is 5.95. The van der Waals surface area contributed by atoms with Crippen LogP contribution in [0.5, 0.6) is 0 Å². The van der Waals surface area contributed by atoms with Gasteiger partial charge in [-0.2, -0.15) is 13.2 Å². The molecule has 0 aliphatic heterocycles. The van der Waals surface area contributed by atoms with E-state index in [4.69, 9.17) is 0 Å². The lowest BCUT2D eigenvalue weighted by Crippen LogP contribution is -2.39. The predicted molar refractivity (Wildman–Crippen MR) is 75.4 cm³/mol. The SMILES string of the molecule is CCCN(CC(F)(F)F)C(=O)c1cc(CC)nc(NC)c1. The number of aryl methyl sites for hydroxylation is 1. The number of aromatic nitrogens is 1. The Balaban J connectivity index is 3.07. The molecule has 0 radical (unpaired) electrons. The van der Waals surface area contributed by atoms with Crippen molar-refractivity contribution in [3.8, 4) is 0 Å². The van der Waals surface area contributed by atoms with Crippen molar-refractivity contribution in [2.75, 3.05) is 25.5 Å². The van der Waals surface area contributed by atoms with Crippen molar-refractivity contribution in [2.45, 2.75) is 32.9 Å². The third kappa shape index (κ3) is 5.24. The number of carbonyl (C=O) groups excluding carboxylic acids is 1. The number of pyridine rings is 1. The van der Waals surface area contributed by atoms with Crippen LogP contribution in [0, 0.1) is 0 Å². The summed E-state index contributed by atoms with van der Waals surface area (Å²) in [6.45, 7) is 2.44. The summed E-state index contributed by atoms with van der Waals surface area (Å²) in [5.41, 5.74) is 0.887. The number of hydrogen-bond donors (Lipinski definition) is 1. The van der Waals surface area contributed by atoms with Gasteiger partial charge in [-0.1, -0.05) is 13.8 Å². The molecule has 0 atom stereocenters. The molecular weight excluding hydrogens is 283 g/mol. The molecule has 118 valence electrons. The van der Waals surface area contributed by atoms with Gasteiger partial charge in [0.05, 0.1) is 0 Å². The van der Waals surface area contributed by atoms with Crippen LogP contribution in [-0.4, -0.2) is 42.1 Å². The van der Waals surface area contributed by atoms with E-state index in [0.717, 1.165) is 4.90 Å². The van der Waals surface area contributed by atoms with Gasteiger partial charge in [0.25, 0.3) is 5.91 Å². The van der Waals surface area contributed by atoms with Crippen LogP contribution < -0.4 is 5.32 Å². The van der Waals surface area contributed by atoms with E-state index in [1.165, 1.54) is 6.07 Å². The summed E-state index contributed by atoms with van der Waals surface area (Å²) in [6, 6.07) is 3.02. The van der Waals surface area contributed by atoms with Gasteiger partial charge in [0.15, 0.2) is 0 Å². The molecule has 21 heavy (non-hydrogen) atoms. The summed E-state index contributed by atoms with van der Waals surface area (Å²) in [5.74, 6) is -0.149. The summed E-state index contributed by atoms with van der Waals surface area (Å²) < 4.78 is 37.7. The second-order valence-electron chi connectivity index (χ2n) is 4.68. The van der Waals surface area contributed by atoms with E-state index >= 15 is 0 Å². The van der Waals surface area contributed by atoms with Crippen LogP contribution in [-0.2, 0) is 6.42 Å². The summed E-state index contributed by atoms with van der Waals surface area (Å²) >= 11 is 0. The van der Waals surface area contributed by atoms with Gasteiger partial charge in [-0.25, -0.2) is 4.98 Å². The Morgan fingerprint density at radius 3 is 2.48 bits per heavy atom. The van der Waals surface area contributed by atoms with E-state index in [-0.39, 0.29) is 12.1 Å². The zero-order valence-corrected chi connectivity index (χ0v) is 12.4. The number of nitrogens with zero attached hydrogens (tertiary/aromatic N) is 2. The fraction of sp³-hybridized carbons (Fsp3) is 0.571. The van der Waals surface area contributed by atoms with Crippen LogP contribution in [0.4, 0.5) is 19.0 Å². The third-order valence-corrected chi connectivity index (χ3v) is 2.89. The quantitative estimate of drug-likeness (QED) is 0.878. The van der Waals surface area contributed by atoms with Crippen molar-refractivity contribution in [2.24, 2.45) is 0 Å². The first-order chi connectivity index (χ1) is 9.80. The topological polar surface area (TPSA) is 45.2 Å². The summed E-state index contributed by atoms with van der Waals surface area (Å²) in [4.78, 5) is 17.4. The van der Waals surface area contributed by atoms with Gasteiger partial charge >= 0.3 is 6.18 Å². The summed E-state index contributed by atoms with van der Waals surface area (Å²) in [5, 5.41) is 2.81. The Bertz CT molecular complexity index is 467. The fourth-order valence-corrected chi connectivity index (χ4v) is 1.94. The first-order valence-corrected chi connectivity index (χ1v) is 6.85. The number of hydrogen-bond acceptors (Lipinski definition) is 3. The number of anilines is 1. The van der Waals surface area contributed by atoms with E-state index in [1.807, 2.05) is 6.92 Å². The van der Waals surface area contributed by atoms with Gasteiger partial charge in [0.2, 0.25) is 0 Å². The highest BCUT2D eigenvalue weighted by Gasteiger charge is 2.33. The molecule has 7 heteroatoms. The molecule has 1 rings (SSSR count). The van der Waals surface area contributed by atoms with Crippen molar-refractivity contribution >= 4 is 11.7 Å². The largest absolute Gasteiger partial charge is 0.406 e. The van der Waals surface area contributed by atoms with Gasteiger partial charge in [-0.15, -0.1) is 0 Å². The molecule has 0 fully saturated rings. The maximum absolute atomic E-state index is 12.6. The van der Waals surface area contributed by atoms with E-state index in [9.17, 15) is 18.0 Å². The van der Waals surface area contributed by atoms with Crippen molar-refractivity contribution < 1.29 is 18.0 Å². The lowest BCUT2D eigenvalue weighted by atomic mass is 10.1. The Kier molecular flexibility index (Phi) is 5.99. The second-order valence-corrected chi connectivity index (χ2v) is 4.68. The highest BCUT2D eigenvalue weighted by Crippen LogP contribution is 2.20. The standard InChI is InChI=1S/C14H20F3N3O/c1-4-6-20(9-14(15,16)17)13(21)10-7-11(5-2)19-12(8-10)18-3/h7-8H,4-6,9H2,1-3H3,(H,18,19). The number of amides is 1. The number of halogens is 3. The molecule has 1 heterocycles. The zero-order valence-electron chi connectivity index (χ0n) is 12.4. The molecule has 0 aliphatic carbocycles. The molecule has 0 aromatic carbocycles. The minimum absolute atomic E-state index is 0.0665. The second kappa shape index (κ2) is 7.28. The van der Waals surface area contributed by atoms with Crippen molar-refractivity contribution in [1.82, 2.24) is 9.88 Å². The van der Waals surface area contributed by atoms with E-state index in [0.29, 0.717) is 24.4 Å². The third-order valence-electron chi connectivity index (χ3n) is 2.89. The number of carbonyl (C=O) groups is 1. The van der Waals surface area contributed by atoms with Crippen molar-refractivity contribution in [3.63, 3.8) is 0 Å². The zero-order chi connectivity index (χ0) is 16.0. The molecule has 0 saturated carbocycles. The number of rotatable bonds is 6. The Labute approximate surface area is 122 Å². The van der Waals surface area contributed by atoms with Crippen LogP contribution in [0.2, 0.25) is 0 Å². The maximum Gasteiger partial charge on any atom is 0.406 e. The molecule has 4 nitrogen and oxygen atoms in total. The van der Waals surface area contributed by atoms with E-state index in [2.05, 4.69) is 10.3 Å².